The van der Waals surface area contributed by atoms with Crippen LogP contribution in [0.1, 0.15) is 5.69 Å². The molecule has 5 nitrogen and oxygen atoms in total. The predicted octanol–water partition coefficient (Wildman–Crippen LogP) is 1.02. The summed E-state index contributed by atoms with van der Waals surface area (Å²) in [7, 11) is 0. The van der Waals surface area contributed by atoms with E-state index >= 15 is 0 Å². The van der Waals surface area contributed by atoms with Crippen molar-refractivity contribution in [2.24, 2.45) is 0 Å². The number of benzene rings is 1. The number of nitrogens with zero attached hydrogens (tertiary/aromatic N) is 2. The first-order valence-electron chi connectivity index (χ1n) is 6.40. The normalized spacial score (nSPS) is 23.4. The van der Waals surface area contributed by atoms with E-state index in [0.29, 0.717) is 36.8 Å². The lowest BCUT2D eigenvalue weighted by Gasteiger charge is -2.11. The first kappa shape index (κ1) is 13.2. The lowest BCUT2D eigenvalue weighted by Crippen LogP contribution is -2.22. The van der Waals surface area contributed by atoms with Crippen LogP contribution < -0.4 is 0 Å². The van der Waals surface area contributed by atoms with Gasteiger partial charge in [-0.25, -0.2) is 9.37 Å². The zero-order chi connectivity index (χ0) is 14.1. The van der Waals surface area contributed by atoms with Crippen molar-refractivity contribution in [1.82, 2.24) is 9.88 Å². The molecule has 0 spiro atoms. The van der Waals surface area contributed by atoms with Gasteiger partial charge in [-0.3, -0.25) is 4.90 Å². The van der Waals surface area contributed by atoms with Gasteiger partial charge in [0.05, 0.1) is 17.9 Å². The van der Waals surface area contributed by atoms with Gasteiger partial charge in [-0.2, -0.15) is 0 Å². The molecule has 2 heterocycles. The number of aliphatic hydroxyl groups excluding tert-OH is 2. The Hall–Kier alpha value is -1.76. The number of oxazole rings is 1. The van der Waals surface area contributed by atoms with Crippen LogP contribution in [-0.4, -0.2) is 45.4 Å². The van der Waals surface area contributed by atoms with Gasteiger partial charge in [-0.15, -0.1) is 0 Å². The van der Waals surface area contributed by atoms with E-state index in [2.05, 4.69) is 4.98 Å². The molecule has 0 unspecified atom stereocenters. The maximum absolute atomic E-state index is 12.8. The van der Waals surface area contributed by atoms with Gasteiger partial charge in [-0.05, 0) is 24.3 Å². The third kappa shape index (κ3) is 2.72. The molecule has 0 bridgehead atoms. The summed E-state index contributed by atoms with van der Waals surface area (Å²) in [6, 6.07) is 5.92. The molecule has 2 N–H and O–H groups in total. The largest absolute Gasteiger partial charge is 0.444 e. The van der Waals surface area contributed by atoms with Gasteiger partial charge < -0.3 is 14.6 Å². The standard InChI is InChI=1S/C14H15FN2O3/c15-10-3-1-9(2-4-10)14-16-11(8-20-14)5-17-6-12(18)13(19)7-17/h1-4,8,12-13,18-19H,5-7H2/t12-,13+. The SMILES string of the molecule is O[C@@H]1CN(Cc2coc(-c3ccc(F)cc3)n2)C[C@@H]1O. The number of β-amino-alcohol motifs (C(OH)–C–C–N with tert-alkyl or cyclic N) is 2. The Morgan fingerprint density at radius 3 is 2.50 bits per heavy atom. The molecular weight excluding hydrogens is 263 g/mol. The minimum atomic E-state index is -0.710. The molecule has 6 heteroatoms. The zero-order valence-corrected chi connectivity index (χ0v) is 10.7. The zero-order valence-electron chi connectivity index (χ0n) is 10.7. The van der Waals surface area contributed by atoms with Crippen molar-refractivity contribution in [1.29, 1.82) is 0 Å². The second kappa shape index (κ2) is 5.32. The molecule has 106 valence electrons. The Kier molecular flexibility index (Phi) is 3.52. The minimum absolute atomic E-state index is 0.305. The summed E-state index contributed by atoms with van der Waals surface area (Å²) in [6.45, 7) is 1.33. The van der Waals surface area contributed by atoms with Crippen molar-refractivity contribution < 1.29 is 19.0 Å². The molecule has 1 aliphatic heterocycles. The molecule has 1 aromatic carbocycles. The molecule has 3 rings (SSSR count). The third-order valence-corrected chi connectivity index (χ3v) is 3.36. The van der Waals surface area contributed by atoms with Crippen LogP contribution in [0.2, 0.25) is 0 Å². The van der Waals surface area contributed by atoms with E-state index < -0.39 is 12.2 Å². The molecule has 0 aliphatic carbocycles. The number of halogens is 1. The van der Waals surface area contributed by atoms with Crippen LogP contribution in [0.5, 0.6) is 0 Å². The van der Waals surface area contributed by atoms with Crippen LogP contribution in [-0.2, 0) is 6.54 Å². The van der Waals surface area contributed by atoms with E-state index in [-0.39, 0.29) is 5.82 Å². The molecule has 20 heavy (non-hydrogen) atoms. The van der Waals surface area contributed by atoms with E-state index in [4.69, 9.17) is 4.42 Å². The smallest absolute Gasteiger partial charge is 0.226 e. The molecule has 0 saturated carbocycles. The van der Waals surface area contributed by atoms with E-state index in [0.717, 1.165) is 0 Å². The number of aromatic nitrogens is 1. The second-order valence-electron chi connectivity index (χ2n) is 4.98. The Morgan fingerprint density at radius 2 is 1.85 bits per heavy atom. The fourth-order valence-electron chi connectivity index (χ4n) is 2.31. The first-order chi connectivity index (χ1) is 9.61. The molecule has 1 aromatic heterocycles. The van der Waals surface area contributed by atoms with E-state index in [1.165, 1.54) is 18.4 Å². The fourth-order valence-corrected chi connectivity index (χ4v) is 2.31. The quantitative estimate of drug-likeness (QED) is 0.877. The van der Waals surface area contributed by atoms with Gasteiger partial charge in [0, 0.05) is 25.2 Å². The Morgan fingerprint density at radius 1 is 1.20 bits per heavy atom. The average molecular weight is 278 g/mol. The number of hydrogen-bond donors (Lipinski definition) is 2. The number of aliphatic hydroxyl groups is 2. The second-order valence-corrected chi connectivity index (χ2v) is 4.98. The van der Waals surface area contributed by atoms with Crippen molar-refractivity contribution in [2.45, 2.75) is 18.8 Å². The van der Waals surface area contributed by atoms with Crippen LogP contribution in [0.15, 0.2) is 34.9 Å². The average Bonchev–Trinajstić information content (AvgIpc) is 2.99. The molecule has 1 aliphatic rings. The highest BCUT2D eigenvalue weighted by Gasteiger charge is 2.29. The molecular formula is C14H15FN2O3. The maximum Gasteiger partial charge on any atom is 0.226 e. The summed E-state index contributed by atoms with van der Waals surface area (Å²) < 4.78 is 18.2. The van der Waals surface area contributed by atoms with E-state index in [1.807, 2.05) is 4.90 Å². The highest BCUT2D eigenvalue weighted by atomic mass is 19.1. The lowest BCUT2D eigenvalue weighted by atomic mass is 10.2. The Balaban J connectivity index is 1.69. The molecule has 1 fully saturated rings. The van der Waals surface area contributed by atoms with Crippen LogP contribution in [0, 0.1) is 5.82 Å². The maximum atomic E-state index is 12.8. The minimum Gasteiger partial charge on any atom is -0.444 e. The molecule has 1 saturated heterocycles. The molecule has 0 radical (unpaired) electrons. The predicted molar refractivity (Wildman–Crippen MR) is 69.2 cm³/mol. The Bertz CT molecular complexity index is 574. The van der Waals surface area contributed by atoms with Crippen molar-refractivity contribution in [3.8, 4) is 11.5 Å². The lowest BCUT2D eigenvalue weighted by molar-refractivity contribution is 0.0572. The van der Waals surface area contributed by atoms with Crippen molar-refractivity contribution >= 4 is 0 Å². The highest BCUT2D eigenvalue weighted by Crippen LogP contribution is 2.20. The van der Waals surface area contributed by atoms with Crippen molar-refractivity contribution in [3.63, 3.8) is 0 Å². The van der Waals surface area contributed by atoms with Crippen LogP contribution in [0.4, 0.5) is 4.39 Å². The summed E-state index contributed by atoms with van der Waals surface area (Å²) >= 11 is 0. The van der Waals surface area contributed by atoms with Crippen LogP contribution in [0.3, 0.4) is 0 Å². The van der Waals surface area contributed by atoms with Gasteiger partial charge in [0.1, 0.15) is 12.1 Å². The summed E-state index contributed by atoms with van der Waals surface area (Å²) in [5.74, 6) is 0.126. The van der Waals surface area contributed by atoms with Gasteiger partial charge >= 0.3 is 0 Å². The monoisotopic (exact) mass is 278 g/mol. The van der Waals surface area contributed by atoms with E-state index in [1.54, 1.807) is 12.1 Å². The van der Waals surface area contributed by atoms with Crippen LogP contribution in [0.25, 0.3) is 11.5 Å². The number of hydrogen-bond acceptors (Lipinski definition) is 5. The van der Waals surface area contributed by atoms with Crippen LogP contribution >= 0.6 is 0 Å². The Labute approximate surface area is 115 Å². The topological polar surface area (TPSA) is 69.7 Å². The van der Waals surface area contributed by atoms with Gasteiger partial charge in [-0.1, -0.05) is 0 Å². The van der Waals surface area contributed by atoms with Crippen molar-refractivity contribution in [2.75, 3.05) is 13.1 Å². The summed E-state index contributed by atoms with van der Waals surface area (Å²) in [4.78, 5) is 6.23. The fraction of sp³-hybridized carbons (Fsp3) is 0.357. The summed E-state index contributed by atoms with van der Waals surface area (Å²) in [5, 5.41) is 19.0. The summed E-state index contributed by atoms with van der Waals surface area (Å²) in [6.07, 6.45) is 0.118. The van der Waals surface area contributed by atoms with Crippen molar-refractivity contribution in [3.05, 3.63) is 42.0 Å². The molecule has 2 aromatic rings. The van der Waals surface area contributed by atoms with E-state index in [9.17, 15) is 14.6 Å². The number of rotatable bonds is 3. The first-order valence-corrected chi connectivity index (χ1v) is 6.40. The molecule has 0 amide bonds. The van der Waals surface area contributed by atoms with Gasteiger partial charge in [0.2, 0.25) is 5.89 Å². The summed E-state index contributed by atoms with van der Waals surface area (Å²) in [5.41, 5.74) is 1.42. The third-order valence-electron chi connectivity index (χ3n) is 3.36. The highest BCUT2D eigenvalue weighted by molar-refractivity contribution is 5.52. The number of likely N-dealkylation sites (tertiary alicyclic amines) is 1. The molecule has 2 atom stereocenters. The van der Waals surface area contributed by atoms with Gasteiger partial charge in [0.25, 0.3) is 0 Å². The van der Waals surface area contributed by atoms with Gasteiger partial charge in [0.15, 0.2) is 0 Å².